The van der Waals surface area contributed by atoms with Gasteiger partial charge in [-0.2, -0.15) is 0 Å². The Balaban J connectivity index is 3.27. The molecule has 0 amide bonds. The number of anilines is 1. The van der Waals surface area contributed by atoms with Crippen molar-refractivity contribution in [2.75, 3.05) is 5.73 Å². The Kier molecular flexibility index (Phi) is 2.36. The highest BCUT2D eigenvalue weighted by molar-refractivity contribution is 5.54. The fourth-order valence-electron chi connectivity index (χ4n) is 1.23. The lowest BCUT2D eigenvalue weighted by atomic mass is 9.98. The summed E-state index contributed by atoms with van der Waals surface area (Å²) in [7, 11) is 0. The monoisotopic (exact) mass is 167 g/mol. The van der Waals surface area contributed by atoms with Crippen LogP contribution in [0, 0.1) is 12.7 Å². The standard InChI is InChI=1S/C10H14FN/c1-6(2)8-4-5-9(11)7(3)10(8)12/h4-6H,12H2,1-3H3. The third kappa shape index (κ3) is 1.42. The van der Waals surface area contributed by atoms with Crippen molar-refractivity contribution >= 4 is 5.69 Å². The molecule has 0 bridgehead atoms. The zero-order valence-corrected chi connectivity index (χ0v) is 7.69. The van der Waals surface area contributed by atoms with Crippen LogP contribution in [0.4, 0.5) is 10.1 Å². The third-order valence-corrected chi connectivity index (χ3v) is 2.10. The summed E-state index contributed by atoms with van der Waals surface area (Å²) >= 11 is 0. The van der Waals surface area contributed by atoms with Crippen LogP contribution in [-0.4, -0.2) is 0 Å². The van der Waals surface area contributed by atoms with Gasteiger partial charge in [-0.25, -0.2) is 4.39 Å². The van der Waals surface area contributed by atoms with Gasteiger partial charge in [0, 0.05) is 11.3 Å². The van der Waals surface area contributed by atoms with Crippen LogP contribution in [0.5, 0.6) is 0 Å². The van der Waals surface area contributed by atoms with Crippen molar-refractivity contribution in [1.82, 2.24) is 0 Å². The summed E-state index contributed by atoms with van der Waals surface area (Å²) < 4.78 is 12.9. The van der Waals surface area contributed by atoms with Crippen molar-refractivity contribution in [3.8, 4) is 0 Å². The van der Waals surface area contributed by atoms with E-state index in [1.165, 1.54) is 6.07 Å². The molecular formula is C10H14FN. The van der Waals surface area contributed by atoms with Crippen LogP contribution in [0.15, 0.2) is 12.1 Å². The lowest BCUT2D eigenvalue weighted by molar-refractivity contribution is 0.618. The molecular weight excluding hydrogens is 153 g/mol. The first-order chi connectivity index (χ1) is 5.54. The second-order valence-electron chi connectivity index (χ2n) is 3.33. The van der Waals surface area contributed by atoms with Crippen LogP contribution < -0.4 is 5.73 Å². The summed E-state index contributed by atoms with van der Waals surface area (Å²) in [6.07, 6.45) is 0. The Morgan fingerprint density at radius 1 is 1.33 bits per heavy atom. The quantitative estimate of drug-likeness (QED) is 0.639. The lowest BCUT2D eigenvalue weighted by Gasteiger charge is -2.11. The zero-order valence-electron chi connectivity index (χ0n) is 7.69. The highest BCUT2D eigenvalue weighted by atomic mass is 19.1. The van der Waals surface area contributed by atoms with E-state index in [1.807, 2.05) is 13.8 Å². The topological polar surface area (TPSA) is 26.0 Å². The Hall–Kier alpha value is -1.05. The Labute approximate surface area is 72.4 Å². The minimum atomic E-state index is -0.225. The highest BCUT2D eigenvalue weighted by Gasteiger charge is 2.08. The van der Waals surface area contributed by atoms with Gasteiger partial charge in [0.15, 0.2) is 0 Å². The highest BCUT2D eigenvalue weighted by Crippen LogP contribution is 2.25. The van der Waals surface area contributed by atoms with E-state index in [4.69, 9.17) is 5.73 Å². The summed E-state index contributed by atoms with van der Waals surface area (Å²) in [4.78, 5) is 0. The number of halogens is 1. The summed E-state index contributed by atoms with van der Waals surface area (Å²) in [6, 6.07) is 3.23. The summed E-state index contributed by atoms with van der Waals surface area (Å²) in [5.41, 5.74) is 7.91. The van der Waals surface area contributed by atoms with E-state index in [9.17, 15) is 4.39 Å². The van der Waals surface area contributed by atoms with E-state index < -0.39 is 0 Å². The first kappa shape index (κ1) is 9.04. The van der Waals surface area contributed by atoms with E-state index in [1.54, 1.807) is 13.0 Å². The van der Waals surface area contributed by atoms with Gasteiger partial charge in [0.25, 0.3) is 0 Å². The van der Waals surface area contributed by atoms with Crippen molar-refractivity contribution in [2.45, 2.75) is 26.7 Å². The number of nitrogens with two attached hydrogens (primary N) is 1. The summed E-state index contributed by atoms with van der Waals surface area (Å²) in [5.74, 6) is 0.126. The third-order valence-electron chi connectivity index (χ3n) is 2.10. The van der Waals surface area contributed by atoms with Crippen molar-refractivity contribution in [3.63, 3.8) is 0 Å². The molecule has 0 saturated carbocycles. The minimum Gasteiger partial charge on any atom is -0.398 e. The zero-order chi connectivity index (χ0) is 9.30. The molecule has 66 valence electrons. The van der Waals surface area contributed by atoms with Gasteiger partial charge < -0.3 is 5.73 Å². The first-order valence-corrected chi connectivity index (χ1v) is 4.08. The van der Waals surface area contributed by atoms with E-state index in [0.717, 1.165) is 5.56 Å². The van der Waals surface area contributed by atoms with Crippen LogP contribution in [0.3, 0.4) is 0 Å². The molecule has 2 heteroatoms. The number of nitrogen functional groups attached to an aromatic ring is 1. The summed E-state index contributed by atoms with van der Waals surface area (Å²) in [6.45, 7) is 5.79. The van der Waals surface area contributed by atoms with Crippen molar-refractivity contribution < 1.29 is 4.39 Å². The molecule has 0 unspecified atom stereocenters. The fraction of sp³-hybridized carbons (Fsp3) is 0.400. The molecule has 0 aliphatic carbocycles. The van der Waals surface area contributed by atoms with E-state index in [0.29, 0.717) is 17.2 Å². The van der Waals surface area contributed by atoms with Gasteiger partial charge in [-0.05, 0) is 24.5 Å². The molecule has 0 atom stereocenters. The van der Waals surface area contributed by atoms with Crippen molar-refractivity contribution in [2.24, 2.45) is 0 Å². The molecule has 0 radical (unpaired) electrons. The molecule has 1 aromatic carbocycles. The Morgan fingerprint density at radius 3 is 2.42 bits per heavy atom. The molecule has 0 aromatic heterocycles. The SMILES string of the molecule is Cc1c(F)ccc(C(C)C)c1N. The Morgan fingerprint density at radius 2 is 1.92 bits per heavy atom. The van der Waals surface area contributed by atoms with Gasteiger partial charge in [-0.15, -0.1) is 0 Å². The predicted molar refractivity (Wildman–Crippen MR) is 49.6 cm³/mol. The van der Waals surface area contributed by atoms with Gasteiger partial charge in [-0.3, -0.25) is 0 Å². The minimum absolute atomic E-state index is 0.225. The molecule has 0 aliphatic rings. The second kappa shape index (κ2) is 3.13. The number of rotatable bonds is 1. The molecule has 1 aromatic rings. The maximum Gasteiger partial charge on any atom is 0.128 e. The maximum atomic E-state index is 12.9. The number of benzene rings is 1. The Bertz CT molecular complexity index is 292. The average Bonchev–Trinajstić information content (AvgIpc) is 2.00. The van der Waals surface area contributed by atoms with Crippen LogP contribution in [-0.2, 0) is 0 Å². The van der Waals surface area contributed by atoms with Gasteiger partial charge in [0.1, 0.15) is 5.82 Å². The molecule has 12 heavy (non-hydrogen) atoms. The van der Waals surface area contributed by atoms with E-state index in [2.05, 4.69) is 0 Å². The van der Waals surface area contributed by atoms with Gasteiger partial charge in [0.05, 0.1) is 0 Å². The largest absolute Gasteiger partial charge is 0.398 e. The lowest BCUT2D eigenvalue weighted by Crippen LogP contribution is -2.00. The van der Waals surface area contributed by atoms with Gasteiger partial charge in [-0.1, -0.05) is 19.9 Å². The molecule has 0 heterocycles. The molecule has 0 spiro atoms. The van der Waals surface area contributed by atoms with E-state index in [-0.39, 0.29) is 5.82 Å². The van der Waals surface area contributed by atoms with Crippen LogP contribution >= 0.6 is 0 Å². The second-order valence-corrected chi connectivity index (χ2v) is 3.33. The maximum absolute atomic E-state index is 12.9. The number of hydrogen-bond acceptors (Lipinski definition) is 1. The van der Waals surface area contributed by atoms with E-state index >= 15 is 0 Å². The molecule has 0 fully saturated rings. The molecule has 0 saturated heterocycles. The van der Waals surface area contributed by atoms with Gasteiger partial charge in [0.2, 0.25) is 0 Å². The van der Waals surface area contributed by atoms with Crippen molar-refractivity contribution in [3.05, 3.63) is 29.1 Å². The molecule has 2 N–H and O–H groups in total. The fourth-order valence-corrected chi connectivity index (χ4v) is 1.23. The van der Waals surface area contributed by atoms with Gasteiger partial charge >= 0.3 is 0 Å². The molecule has 1 rings (SSSR count). The summed E-state index contributed by atoms with van der Waals surface area (Å²) in [5, 5.41) is 0. The van der Waals surface area contributed by atoms with Crippen LogP contribution in [0.1, 0.15) is 30.9 Å². The predicted octanol–water partition coefficient (Wildman–Crippen LogP) is 2.84. The van der Waals surface area contributed by atoms with Crippen LogP contribution in [0.2, 0.25) is 0 Å². The smallest absolute Gasteiger partial charge is 0.128 e. The normalized spacial score (nSPS) is 10.8. The first-order valence-electron chi connectivity index (χ1n) is 4.08. The average molecular weight is 167 g/mol. The molecule has 0 aliphatic heterocycles. The van der Waals surface area contributed by atoms with Crippen LogP contribution in [0.25, 0.3) is 0 Å². The molecule has 1 nitrogen and oxygen atoms in total. The van der Waals surface area contributed by atoms with Crippen molar-refractivity contribution in [1.29, 1.82) is 0 Å². The number of hydrogen-bond donors (Lipinski definition) is 1.